The van der Waals surface area contributed by atoms with E-state index in [1.165, 1.54) is 48.5 Å². The van der Waals surface area contributed by atoms with Gasteiger partial charge in [-0.3, -0.25) is 19.3 Å². The van der Waals surface area contributed by atoms with E-state index in [1.807, 2.05) is 30.3 Å². The van der Waals surface area contributed by atoms with Gasteiger partial charge in [-0.15, -0.1) is 0 Å². The molecular weight excluding hydrogens is 1010 g/mol. The third kappa shape index (κ3) is 19.0. The van der Waals surface area contributed by atoms with Crippen molar-refractivity contribution in [2.24, 2.45) is 10.7 Å². The van der Waals surface area contributed by atoms with Crippen LogP contribution in [0, 0.1) is 22.2 Å². The van der Waals surface area contributed by atoms with Crippen molar-refractivity contribution in [1.82, 2.24) is 20.1 Å². The lowest BCUT2D eigenvalue weighted by molar-refractivity contribution is -0.120. The van der Waals surface area contributed by atoms with E-state index < -0.39 is 0 Å². The van der Waals surface area contributed by atoms with Crippen LogP contribution in [0.4, 0.5) is 18.9 Å². The minimum Gasteiger partial charge on any atom is -0.493 e. The largest absolute Gasteiger partial charge is 0.493 e. The molecule has 4 N–H and O–H groups in total. The van der Waals surface area contributed by atoms with Crippen LogP contribution < -0.4 is 39.5 Å². The number of isothiocyanates is 1. The van der Waals surface area contributed by atoms with Crippen molar-refractivity contribution in [1.29, 1.82) is 0 Å². The fourth-order valence-electron chi connectivity index (χ4n) is 6.66. The molecule has 0 saturated heterocycles. The number of rotatable bonds is 19. The second kappa shape index (κ2) is 31.0. The molecule has 1 aromatic heterocycles. The number of ketones is 1. The molecule has 7 aromatic rings. The van der Waals surface area contributed by atoms with E-state index in [0.717, 1.165) is 33.8 Å². The van der Waals surface area contributed by atoms with Gasteiger partial charge in [0.05, 0.1) is 66.5 Å². The van der Waals surface area contributed by atoms with Crippen LogP contribution in [-0.2, 0) is 35.3 Å². The van der Waals surface area contributed by atoms with Gasteiger partial charge in [0.15, 0.2) is 45.1 Å². The Hall–Kier alpha value is -7.74. The van der Waals surface area contributed by atoms with Crippen LogP contribution in [0.3, 0.4) is 0 Å². The standard InChI is InChI=1S/C19H20FNO3S.C17H16FN3O2S.C11H15NO3.C7H4FNS/c1-23-17-8-5-14(10-18(17)24-2)11-19(22)21-12-16(25)9-13-3-6-15(20)7-4-13;1-22-14-8-3-11(9-15(14)23-2)10-16-19-20-17(24)21(16)13-6-4-12(18)5-7-13;1-14-10-4-3-8(5-9(13)7-12)6-11(10)15-2;8-6-1-3-7(4-2-6)9-5-10/h3-8,10H,9,11-12H2,1-2H3,(H,21,22);3-9H,10H2,1-2H3,(H,20,24);3-4,6H,5,7,12H2,1-2H3;1-4H. The van der Waals surface area contributed by atoms with Crippen LogP contribution in [0.15, 0.2) is 132 Å². The number of aromatic amines is 1. The van der Waals surface area contributed by atoms with Crippen molar-refractivity contribution in [3.63, 3.8) is 0 Å². The van der Waals surface area contributed by atoms with Crippen molar-refractivity contribution in [3.05, 3.63) is 178 Å². The Kier molecular flexibility index (Phi) is 24.6. The fraction of sp³-hybridized carbons (Fsp3) is 0.222. The Morgan fingerprint density at radius 1 is 0.622 bits per heavy atom. The molecule has 0 aliphatic rings. The molecule has 74 heavy (non-hydrogen) atoms. The number of amides is 1. The molecule has 7 rings (SSSR count). The van der Waals surface area contributed by atoms with Gasteiger partial charge in [0.2, 0.25) is 5.91 Å². The van der Waals surface area contributed by atoms with Crippen LogP contribution in [0.25, 0.3) is 5.69 Å². The quantitative estimate of drug-likeness (QED) is 0.0516. The zero-order valence-corrected chi connectivity index (χ0v) is 43.9. The van der Waals surface area contributed by atoms with Crippen LogP contribution >= 0.6 is 36.7 Å². The number of aliphatic imine (C=N–C) groups is 1. The summed E-state index contributed by atoms with van der Waals surface area (Å²) >= 11 is 14.9. The molecule has 0 unspecified atom stereocenters. The first kappa shape index (κ1) is 58.8. The number of aromatic nitrogens is 3. The van der Waals surface area contributed by atoms with Crippen molar-refractivity contribution in [3.8, 4) is 40.2 Å². The highest BCUT2D eigenvalue weighted by atomic mass is 32.1. The van der Waals surface area contributed by atoms with E-state index in [9.17, 15) is 22.8 Å². The first-order valence-corrected chi connectivity index (χ1v) is 23.5. The van der Waals surface area contributed by atoms with Gasteiger partial charge in [-0.1, -0.05) is 42.5 Å². The van der Waals surface area contributed by atoms with Gasteiger partial charge in [0.1, 0.15) is 23.3 Å². The predicted octanol–water partition coefficient (Wildman–Crippen LogP) is 10.1. The highest BCUT2D eigenvalue weighted by Gasteiger charge is 2.13. The molecule has 0 bridgehead atoms. The average molecular weight is 1070 g/mol. The maximum Gasteiger partial charge on any atom is 0.224 e. The molecule has 0 radical (unpaired) electrons. The second-order valence-electron chi connectivity index (χ2n) is 15.4. The van der Waals surface area contributed by atoms with Crippen molar-refractivity contribution >= 4 is 64.1 Å². The topological polar surface area (TPSA) is 174 Å². The maximum atomic E-state index is 13.1. The summed E-state index contributed by atoms with van der Waals surface area (Å²) in [5.41, 5.74) is 10.2. The Morgan fingerprint density at radius 3 is 1.53 bits per heavy atom. The zero-order chi connectivity index (χ0) is 54.0. The number of nitrogens with two attached hydrogens (primary N) is 1. The van der Waals surface area contributed by atoms with Gasteiger partial charge >= 0.3 is 0 Å². The number of carbonyl (C=O) groups excluding carboxylic acids is 2. The summed E-state index contributed by atoms with van der Waals surface area (Å²) in [4.78, 5) is 27.5. The lowest BCUT2D eigenvalue weighted by atomic mass is 10.1. The summed E-state index contributed by atoms with van der Waals surface area (Å²) < 4.78 is 71.7. The van der Waals surface area contributed by atoms with Gasteiger partial charge in [-0.2, -0.15) is 10.1 Å². The SMILES string of the molecule is COc1ccc(CC(=O)CN)cc1OC.COc1ccc(CC(=O)NCC(=S)Cc2ccc(F)cc2)cc1OC.COc1ccc(Cc2n[nH]c(=S)n2-c2ccc(F)cc2)cc1OC.Fc1ccc(N=C=S)cc1. The summed E-state index contributed by atoms with van der Waals surface area (Å²) in [5.74, 6) is 3.54. The zero-order valence-electron chi connectivity index (χ0n) is 41.4. The number of benzene rings is 6. The van der Waals surface area contributed by atoms with Gasteiger partial charge in [0.25, 0.3) is 0 Å². The van der Waals surface area contributed by atoms with Gasteiger partial charge in [-0.05, 0) is 144 Å². The number of hydrogen-bond acceptors (Lipinski definition) is 14. The Labute approximate surface area is 443 Å². The molecule has 0 aliphatic heterocycles. The molecule has 0 saturated carbocycles. The summed E-state index contributed by atoms with van der Waals surface area (Å²) in [5, 5.41) is 12.1. The maximum absolute atomic E-state index is 13.1. The lowest BCUT2D eigenvalue weighted by Crippen LogP contribution is -2.30. The van der Waals surface area contributed by atoms with Crippen molar-refractivity contribution in [2.75, 3.05) is 55.7 Å². The van der Waals surface area contributed by atoms with Crippen LogP contribution in [0.1, 0.15) is 28.1 Å². The molecule has 1 amide bonds. The molecule has 0 atom stereocenters. The molecule has 1 heterocycles. The Morgan fingerprint density at radius 2 is 1.05 bits per heavy atom. The minimum atomic E-state index is -0.296. The number of halogens is 3. The second-order valence-corrected chi connectivity index (χ2v) is 16.5. The predicted molar refractivity (Wildman–Crippen MR) is 288 cm³/mol. The van der Waals surface area contributed by atoms with E-state index in [0.29, 0.717) is 75.6 Å². The third-order valence-electron chi connectivity index (χ3n) is 10.3. The van der Waals surface area contributed by atoms with Crippen LogP contribution in [0.5, 0.6) is 34.5 Å². The van der Waals surface area contributed by atoms with E-state index in [2.05, 4.69) is 37.9 Å². The summed E-state index contributed by atoms with van der Waals surface area (Å²) in [7, 11) is 9.43. The smallest absolute Gasteiger partial charge is 0.224 e. The summed E-state index contributed by atoms with van der Waals surface area (Å²) in [6.45, 7) is 0.368. The highest BCUT2D eigenvalue weighted by Crippen LogP contribution is 2.30. The number of hydrogen-bond donors (Lipinski definition) is 3. The number of Topliss-reactive ketones (excluding diaryl/α,β-unsaturated/α-hetero) is 1. The number of nitrogens with zero attached hydrogens (tertiary/aromatic N) is 3. The number of thiocarbonyl (C=S) groups is 2. The molecule has 14 nitrogen and oxygen atoms in total. The van der Waals surface area contributed by atoms with Crippen LogP contribution in [0.2, 0.25) is 0 Å². The molecule has 0 fully saturated rings. The Bertz CT molecular complexity index is 3040. The summed E-state index contributed by atoms with van der Waals surface area (Å²) in [6.07, 6.45) is 1.60. The molecule has 20 heteroatoms. The molecule has 6 aromatic carbocycles. The van der Waals surface area contributed by atoms with Gasteiger partial charge in [0, 0.05) is 36.4 Å². The minimum absolute atomic E-state index is 0.00206. The average Bonchev–Trinajstić information content (AvgIpc) is 3.78. The van der Waals surface area contributed by atoms with E-state index in [-0.39, 0.29) is 42.1 Å². The molecular formula is C54H55F3N6O8S3. The monoisotopic (exact) mass is 1070 g/mol. The normalized spacial score (nSPS) is 10.0. The van der Waals surface area contributed by atoms with Crippen molar-refractivity contribution in [2.45, 2.75) is 25.7 Å². The number of H-pyrrole nitrogens is 1. The first-order chi connectivity index (χ1) is 35.7. The molecule has 0 aliphatic carbocycles. The van der Waals surface area contributed by atoms with E-state index in [1.54, 1.807) is 95.8 Å². The van der Waals surface area contributed by atoms with Gasteiger partial charge in [-0.25, -0.2) is 13.2 Å². The van der Waals surface area contributed by atoms with E-state index >= 15 is 0 Å². The van der Waals surface area contributed by atoms with Crippen molar-refractivity contribution < 1.29 is 51.2 Å². The van der Waals surface area contributed by atoms with E-state index in [4.69, 9.17) is 58.6 Å². The Balaban J connectivity index is 0.000000225. The fourth-order valence-corrected chi connectivity index (χ4v) is 7.27. The first-order valence-electron chi connectivity index (χ1n) is 22.3. The number of carbonyl (C=O) groups is 2. The number of methoxy groups -OCH3 is 6. The highest BCUT2D eigenvalue weighted by molar-refractivity contribution is 7.80. The number of nitrogens with one attached hydrogen (secondary N) is 2. The summed E-state index contributed by atoms with van der Waals surface area (Å²) in [6, 6.07) is 34.4. The molecule has 0 spiro atoms. The van der Waals surface area contributed by atoms with Crippen LogP contribution in [-0.4, -0.2) is 92.2 Å². The lowest BCUT2D eigenvalue weighted by Gasteiger charge is -2.10. The van der Waals surface area contributed by atoms with Gasteiger partial charge < -0.3 is 39.5 Å². The number of ether oxygens (including phenoxy) is 6. The molecule has 388 valence electrons. The third-order valence-corrected chi connectivity index (χ3v) is 11.0.